The highest BCUT2D eigenvalue weighted by atomic mass is 35.5. The molecule has 0 aliphatic heterocycles. The molecule has 8 nitrogen and oxygen atoms in total. The summed E-state index contributed by atoms with van der Waals surface area (Å²) in [6.07, 6.45) is 1.55. The van der Waals surface area contributed by atoms with E-state index in [1.807, 2.05) is 6.92 Å². The molecule has 35 heavy (non-hydrogen) atoms. The Hall–Kier alpha value is -3.88. The third kappa shape index (κ3) is 4.99. The van der Waals surface area contributed by atoms with E-state index < -0.39 is 5.91 Å². The quantitative estimate of drug-likeness (QED) is 0.387. The number of benzene rings is 2. The van der Waals surface area contributed by atoms with Gasteiger partial charge in [-0.3, -0.25) is 9.78 Å². The van der Waals surface area contributed by atoms with E-state index in [9.17, 15) is 9.90 Å². The van der Waals surface area contributed by atoms with Gasteiger partial charge in [0.25, 0.3) is 5.91 Å². The molecule has 0 aliphatic carbocycles. The molecule has 0 saturated heterocycles. The number of carbonyl (C=O) groups is 1. The molecule has 0 fully saturated rings. The maximum Gasteiger partial charge on any atom is 0.261 e. The smallest absolute Gasteiger partial charge is 0.261 e. The topological polar surface area (TPSA) is 106 Å². The summed E-state index contributed by atoms with van der Waals surface area (Å²) < 4.78 is 16.8. The molecular formula is C26H24ClN3O5. The lowest BCUT2D eigenvalue weighted by Crippen LogP contribution is -2.22. The van der Waals surface area contributed by atoms with Crippen LogP contribution in [0.5, 0.6) is 11.5 Å². The third-order valence-corrected chi connectivity index (χ3v) is 5.89. The fraction of sp³-hybridized carbons (Fsp3) is 0.192. The SMILES string of the molecule is COc1cccc(N=c2oc3c(C)ncc(CO)c3cc2C(=O)Nc2cc(C)c(Cl)cc2OC)c1. The lowest BCUT2D eigenvalue weighted by Gasteiger charge is -2.13. The molecule has 2 aromatic heterocycles. The van der Waals surface area contributed by atoms with E-state index in [1.54, 1.807) is 62.7 Å². The lowest BCUT2D eigenvalue weighted by molar-refractivity contribution is 0.102. The number of aromatic nitrogens is 1. The molecule has 2 heterocycles. The maximum atomic E-state index is 13.5. The number of carbonyl (C=O) groups excluding carboxylic acids is 1. The summed E-state index contributed by atoms with van der Waals surface area (Å²) in [5.74, 6) is 0.546. The van der Waals surface area contributed by atoms with Crippen LogP contribution in [0, 0.1) is 13.8 Å². The summed E-state index contributed by atoms with van der Waals surface area (Å²) >= 11 is 6.21. The van der Waals surface area contributed by atoms with Gasteiger partial charge in [-0.1, -0.05) is 17.7 Å². The van der Waals surface area contributed by atoms with Gasteiger partial charge in [-0.05, 0) is 43.7 Å². The van der Waals surface area contributed by atoms with Gasteiger partial charge in [0, 0.05) is 34.3 Å². The predicted molar refractivity (Wildman–Crippen MR) is 134 cm³/mol. The molecule has 2 aromatic carbocycles. The van der Waals surface area contributed by atoms with Crippen molar-refractivity contribution in [1.82, 2.24) is 4.98 Å². The van der Waals surface area contributed by atoms with Gasteiger partial charge in [-0.15, -0.1) is 0 Å². The second-order valence-electron chi connectivity index (χ2n) is 7.80. The maximum absolute atomic E-state index is 13.5. The van der Waals surface area contributed by atoms with Gasteiger partial charge in [0.15, 0.2) is 5.58 Å². The molecule has 1 amide bonds. The van der Waals surface area contributed by atoms with Crippen LogP contribution in [0.3, 0.4) is 0 Å². The van der Waals surface area contributed by atoms with E-state index in [0.29, 0.717) is 50.1 Å². The Morgan fingerprint density at radius 3 is 2.69 bits per heavy atom. The number of ether oxygens (including phenoxy) is 2. The Bertz CT molecular complexity index is 1500. The van der Waals surface area contributed by atoms with Crippen molar-refractivity contribution in [2.45, 2.75) is 20.5 Å². The van der Waals surface area contributed by atoms with Crippen molar-refractivity contribution in [2.24, 2.45) is 4.99 Å². The molecule has 0 unspecified atom stereocenters. The van der Waals surface area contributed by atoms with Crippen LogP contribution in [0.2, 0.25) is 5.02 Å². The summed E-state index contributed by atoms with van der Waals surface area (Å²) in [6.45, 7) is 3.34. The second-order valence-corrected chi connectivity index (χ2v) is 8.21. The predicted octanol–water partition coefficient (Wildman–Crippen LogP) is 5.09. The van der Waals surface area contributed by atoms with Gasteiger partial charge >= 0.3 is 0 Å². The number of nitrogens with zero attached hydrogens (tertiary/aromatic N) is 2. The van der Waals surface area contributed by atoms with Gasteiger partial charge in [-0.25, -0.2) is 4.99 Å². The lowest BCUT2D eigenvalue weighted by atomic mass is 10.1. The first kappa shape index (κ1) is 24.3. The molecule has 0 atom stereocenters. The molecule has 9 heteroatoms. The Kier molecular flexibility index (Phi) is 7.04. The van der Waals surface area contributed by atoms with Crippen LogP contribution in [0.1, 0.15) is 27.2 Å². The highest BCUT2D eigenvalue weighted by Crippen LogP contribution is 2.31. The van der Waals surface area contributed by atoms with Gasteiger partial charge in [-0.2, -0.15) is 0 Å². The number of anilines is 1. The molecule has 0 bridgehead atoms. The first-order chi connectivity index (χ1) is 16.8. The standard InChI is InChI=1S/C26H24ClN3O5/c1-14-8-22(23(34-4)11-21(14)27)30-25(32)20-10-19-16(13-31)12-28-15(2)24(19)35-26(20)29-17-6-5-7-18(9-17)33-3/h5-12,31H,13H2,1-4H3,(H,30,32). The fourth-order valence-corrected chi connectivity index (χ4v) is 3.73. The zero-order valence-corrected chi connectivity index (χ0v) is 20.4. The number of aryl methyl sites for hydroxylation is 2. The molecule has 0 saturated carbocycles. The van der Waals surface area contributed by atoms with Gasteiger partial charge in [0.05, 0.1) is 37.9 Å². The minimum absolute atomic E-state index is 0.0768. The number of aliphatic hydroxyl groups excluding tert-OH is 1. The van der Waals surface area contributed by atoms with Crippen molar-refractivity contribution in [3.05, 3.63) is 81.6 Å². The van der Waals surface area contributed by atoms with Crippen LogP contribution in [0.25, 0.3) is 11.0 Å². The zero-order valence-electron chi connectivity index (χ0n) is 19.7. The number of pyridine rings is 1. The van der Waals surface area contributed by atoms with Crippen molar-refractivity contribution in [1.29, 1.82) is 0 Å². The summed E-state index contributed by atoms with van der Waals surface area (Å²) in [5.41, 5.74) is 3.54. The Morgan fingerprint density at radius 1 is 1.17 bits per heavy atom. The van der Waals surface area contributed by atoms with Crippen molar-refractivity contribution in [2.75, 3.05) is 19.5 Å². The Morgan fingerprint density at radius 2 is 1.97 bits per heavy atom. The van der Waals surface area contributed by atoms with Gasteiger partial charge in [0.2, 0.25) is 5.55 Å². The normalized spacial score (nSPS) is 11.5. The first-order valence-corrected chi connectivity index (χ1v) is 11.1. The minimum atomic E-state index is -0.476. The van der Waals surface area contributed by atoms with Crippen LogP contribution in [0.4, 0.5) is 11.4 Å². The highest BCUT2D eigenvalue weighted by molar-refractivity contribution is 6.31. The van der Waals surface area contributed by atoms with Gasteiger partial charge in [0.1, 0.15) is 17.1 Å². The number of fused-ring (bicyclic) bond motifs is 1. The molecule has 4 rings (SSSR count). The van der Waals surface area contributed by atoms with Crippen molar-refractivity contribution < 1.29 is 23.8 Å². The molecule has 0 radical (unpaired) electrons. The molecule has 0 spiro atoms. The summed E-state index contributed by atoms with van der Waals surface area (Å²) in [7, 11) is 3.06. The molecule has 180 valence electrons. The first-order valence-electron chi connectivity index (χ1n) is 10.7. The van der Waals surface area contributed by atoms with E-state index in [-0.39, 0.29) is 17.7 Å². The number of rotatable bonds is 6. The number of halogens is 1. The Balaban J connectivity index is 1.93. The molecular weight excluding hydrogens is 470 g/mol. The number of hydrogen-bond acceptors (Lipinski definition) is 7. The van der Waals surface area contributed by atoms with Crippen molar-refractivity contribution in [3.8, 4) is 11.5 Å². The van der Waals surface area contributed by atoms with E-state index in [0.717, 1.165) is 5.56 Å². The van der Waals surface area contributed by atoms with Crippen LogP contribution in [-0.2, 0) is 6.61 Å². The highest BCUT2D eigenvalue weighted by Gasteiger charge is 2.18. The number of aliphatic hydroxyl groups is 1. The monoisotopic (exact) mass is 493 g/mol. The van der Waals surface area contributed by atoms with E-state index >= 15 is 0 Å². The molecule has 0 aliphatic rings. The fourth-order valence-electron chi connectivity index (χ4n) is 3.58. The number of methoxy groups -OCH3 is 2. The summed E-state index contributed by atoms with van der Waals surface area (Å²) in [6, 6.07) is 12.1. The average Bonchev–Trinajstić information content (AvgIpc) is 2.86. The summed E-state index contributed by atoms with van der Waals surface area (Å²) in [4.78, 5) is 22.4. The van der Waals surface area contributed by atoms with Crippen LogP contribution < -0.4 is 20.3 Å². The van der Waals surface area contributed by atoms with Crippen LogP contribution in [0.15, 0.2) is 58.1 Å². The van der Waals surface area contributed by atoms with E-state index in [2.05, 4.69) is 15.3 Å². The number of hydrogen-bond donors (Lipinski definition) is 2. The molecule has 2 N–H and O–H groups in total. The Labute approximate surface area is 206 Å². The van der Waals surface area contributed by atoms with E-state index in [1.165, 1.54) is 7.11 Å². The van der Waals surface area contributed by atoms with Gasteiger partial charge < -0.3 is 24.3 Å². The average molecular weight is 494 g/mol. The third-order valence-electron chi connectivity index (χ3n) is 5.48. The van der Waals surface area contributed by atoms with Crippen LogP contribution >= 0.6 is 11.6 Å². The largest absolute Gasteiger partial charge is 0.497 e. The van der Waals surface area contributed by atoms with Crippen LogP contribution in [-0.4, -0.2) is 30.2 Å². The summed E-state index contributed by atoms with van der Waals surface area (Å²) in [5, 5.41) is 13.8. The van der Waals surface area contributed by atoms with E-state index in [4.69, 9.17) is 25.5 Å². The second kappa shape index (κ2) is 10.2. The number of nitrogens with one attached hydrogen (secondary N) is 1. The molecule has 4 aromatic rings. The zero-order chi connectivity index (χ0) is 25.1. The van der Waals surface area contributed by atoms with Crippen molar-refractivity contribution >= 4 is 39.9 Å². The van der Waals surface area contributed by atoms with Crippen molar-refractivity contribution in [3.63, 3.8) is 0 Å². The number of amides is 1. The minimum Gasteiger partial charge on any atom is -0.497 e.